The number of amides is 1. The second-order valence-electron chi connectivity index (χ2n) is 3.51. The van der Waals surface area contributed by atoms with Gasteiger partial charge < -0.3 is 5.73 Å². The topological polar surface area (TPSA) is 43.1 Å². The van der Waals surface area contributed by atoms with Crippen molar-refractivity contribution in [3.63, 3.8) is 0 Å². The average Bonchev–Trinajstić information content (AvgIpc) is 2.29. The number of carbonyl (C=O) groups excluding carboxylic acids is 1. The fourth-order valence-corrected chi connectivity index (χ4v) is 1.51. The second-order valence-corrected chi connectivity index (χ2v) is 3.51. The fourth-order valence-electron chi connectivity index (χ4n) is 1.51. The van der Waals surface area contributed by atoms with E-state index in [-0.39, 0.29) is 0 Å². The smallest absolute Gasteiger partial charge is 0.248 e. The molecule has 1 aromatic carbocycles. The summed E-state index contributed by atoms with van der Waals surface area (Å²) in [6.45, 7) is 4.09. The molecule has 1 rings (SSSR count). The van der Waals surface area contributed by atoms with Gasteiger partial charge in [-0.3, -0.25) is 4.79 Å². The molecule has 0 spiro atoms. The Hall–Kier alpha value is -1.83. The molecule has 0 saturated carbocycles. The van der Waals surface area contributed by atoms with Crippen LogP contribution in [0.15, 0.2) is 42.5 Å². The van der Waals surface area contributed by atoms with Gasteiger partial charge in [0.15, 0.2) is 0 Å². The highest BCUT2D eigenvalue weighted by molar-refractivity contribution is 5.93. The standard InChI is InChI=1S/C14H17NO/c1-3-5-11(6-4-2)12-7-9-13(10-8-12)14(15)16/h3,5-10H,4H2,1-2H3,(H2,15,16)/b5-3-,11-6+. The average molecular weight is 215 g/mol. The largest absolute Gasteiger partial charge is 0.366 e. The molecule has 0 bridgehead atoms. The summed E-state index contributed by atoms with van der Waals surface area (Å²) in [4.78, 5) is 10.9. The zero-order chi connectivity index (χ0) is 12.0. The van der Waals surface area contributed by atoms with Crippen molar-refractivity contribution in [2.45, 2.75) is 20.3 Å². The van der Waals surface area contributed by atoms with E-state index in [1.54, 1.807) is 12.1 Å². The number of hydrogen-bond acceptors (Lipinski definition) is 1. The van der Waals surface area contributed by atoms with Crippen molar-refractivity contribution in [3.05, 3.63) is 53.6 Å². The lowest BCUT2D eigenvalue weighted by atomic mass is 10.0. The van der Waals surface area contributed by atoms with E-state index < -0.39 is 5.91 Å². The van der Waals surface area contributed by atoms with Crippen LogP contribution in [0, 0.1) is 0 Å². The lowest BCUT2D eigenvalue weighted by Gasteiger charge is -2.03. The van der Waals surface area contributed by atoms with Crippen molar-refractivity contribution in [3.8, 4) is 0 Å². The van der Waals surface area contributed by atoms with Gasteiger partial charge in [-0.15, -0.1) is 0 Å². The van der Waals surface area contributed by atoms with E-state index in [0.717, 1.165) is 12.0 Å². The van der Waals surface area contributed by atoms with Crippen LogP contribution in [0.4, 0.5) is 0 Å². The normalized spacial score (nSPS) is 12.0. The second kappa shape index (κ2) is 5.91. The van der Waals surface area contributed by atoms with Crippen molar-refractivity contribution < 1.29 is 4.79 Å². The molecule has 0 saturated heterocycles. The zero-order valence-corrected chi connectivity index (χ0v) is 9.73. The number of benzene rings is 1. The molecule has 0 atom stereocenters. The first kappa shape index (κ1) is 12.2. The van der Waals surface area contributed by atoms with Gasteiger partial charge in [-0.25, -0.2) is 0 Å². The molecule has 0 aliphatic rings. The molecule has 16 heavy (non-hydrogen) atoms. The Balaban J connectivity index is 3.03. The van der Waals surface area contributed by atoms with Crippen molar-refractivity contribution >= 4 is 11.5 Å². The predicted octanol–water partition coefficient (Wildman–Crippen LogP) is 3.16. The van der Waals surface area contributed by atoms with Gasteiger partial charge in [-0.05, 0) is 36.6 Å². The van der Waals surface area contributed by atoms with E-state index in [0.29, 0.717) is 5.56 Å². The quantitative estimate of drug-likeness (QED) is 0.770. The van der Waals surface area contributed by atoms with Crippen LogP contribution < -0.4 is 5.73 Å². The molecule has 2 heteroatoms. The molecule has 2 nitrogen and oxygen atoms in total. The van der Waals surface area contributed by atoms with Gasteiger partial charge in [-0.1, -0.05) is 37.3 Å². The Labute approximate surface area is 96.5 Å². The minimum atomic E-state index is -0.390. The lowest BCUT2D eigenvalue weighted by molar-refractivity contribution is 0.100. The maximum atomic E-state index is 10.9. The van der Waals surface area contributed by atoms with Crippen LogP contribution in [0.25, 0.3) is 5.57 Å². The van der Waals surface area contributed by atoms with Crippen LogP contribution in [0.3, 0.4) is 0 Å². The Morgan fingerprint density at radius 3 is 2.25 bits per heavy atom. The Kier molecular flexibility index (Phi) is 4.52. The van der Waals surface area contributed by atoms with Crippen LogP contribution in [-0.2, 0) is 0 Å². The van der Waals surface area contributed by atoms with E-state index in [2.05, 4.69) is 19.1 Å². The summed E-state index contributed by atoms with van der Waals surface area (Å²) in [5, 5.41) is 0. The highest BCUT2D eigenvalue weighted by Crippen LogP contribution is 2.17. The number of rotatable bonds is 4. The molecule has 0 fully saturated rings. The first-order valence-electron chi connectivity index (χ1n) is 5.42. The molecular formula is C14H17NO. The summed E-state index contributed by atoms with van der Waals surface area (Å²) in [7, 11) is 0. The van der Waals surface area contributed by atoms with Gasteiger partial charge in [0.2, 0.25) is 5.91 Å². The lowest BCUT2D eigenvalue weighted by Crippen LogP contribution is -2.10. The summed E-state index contributed by atoms with van der Waals surface area (Å²) < 4.78 is 0. The highest BCUT2D eigenvalue weighted by Gasteiger charge is 2.01. The third kappa shape index (κ3) is 3.09. The van der Waals surface area contributed by atoms with Crippen molar-refractivity contribution in [1.82, 2.24) is 0 Å². The van der Waals surface area contributed by atoms with Crippen LogP contribution in [0.1, 0.15) is 36.2 Å². The maximum Gasteiger partial charge on any atom is 0.248 e. The zero-order valence-electron chi connectivity index (χ0n) is 9.73. The summed E-state index contributed by atoms with van der Waals surface area (Å²) in [5.41, 5.74) is 8.00. The van der Waals surface area contributed by atoms with Crippen LogP contribution >= 0.6 is 0 Å². The summed E-state index contributed by atoms with van der Waals surface area (Å²) in [5.74, 6) is -0.390. The molecule has 1 amide bonds. The van der Waals surface area contributed by atoms with Gasteiger partial charge in [0, 0.05) is 5.56 Å². The minimum absolute atomic E-state index is 0.390. The first-order valence-corrected chi connectivity index (χ1v) is 5.42. The van der Waals surface area contributed by atoms with Crippen LogP contribution in [0.5, 0.6) is 0 Å². The Morgan fingerprint density at radius 2 is 1.81 bits per heavy atom. The fraction of sp³-hybridized carbons (Fsp3) is 0.214. The molecule has 0 aliphatic heterocycles. The predicted molar refractivity (Wildman–Crippen MR) is 68.0 cm³/mol. The number of primary amides is 1. The van der Waals surface area contributed by atoms with E-state index in [1.165, 1.54) is 5.57 Å². The third-order valence-electron chi connectivity index (χ3n) is 2.27. The Bertz CT molecular complexity index is 413. The highest BCUT2D eigenvalue weighted by atomic mass is 16.1. The van der Waals surface area contributed by atoms with Gasteiger partial charge >= 0.3 is 0 Å². The summed E-state index contributed by atoms with van der Waals surface area (Å²) >= 11 is 0. The third-order valence-corrected chi connectivity index (χ3v) is 2.27. The SMILES string of the molecule is C/C=C\C(=C/CC)c1ccc(C(N)=O)cc1. The molecule has 1 aromatic rings. The molecule has 0 aromatic heterocycles. The van der Waals surface area contributed by atoms with Crippen molar-refractivity contribution in [1.29, 1.82) is 0 Å². The molecule has 0 unspecified atom stereocenters. The molecule has 0 heterocycles. The summed E-state index contributed by atoms with van der Waals surface area (Å²) in [6, 6.07) is 7.35. The number of allylic oxidation sites excluding steroid dienone is 4. The van der Waals surface area contributed by atoms with Crippen LogP contribution in [0.2, 0.25) is 0 Å². The van der Waals surface area contributed by atoms with E-state index in [9.17, 15) is 4.79 Å². The monoisotopic (exact) mass is 215 g/mol. The maximum absolute atomic E-state index is 10.9. The minimum Gasteiger partial charge on any atom is -0.366 e. The molecule has 0 radical (unpaired) electrons. The molecule has 0 aliphatic carbocycles. The van der Waals surface area contributed by atoms with Crippen LogP contribution in [-0.4, -0.2) is 5.91 Å². The van der Waals surface area contributed by atoms with E-state index in [1.807, 2.05) is 25.1 Å². The molecule has 84 valence electrons. The van der Waals surface area contributed by atoms with Crippen molar-refractivity contribution in [2.24, 2.45) is 5.73 Å². The summed E-state index contributed by atoms with van der Waals surface area (Å²) in [6.07, 6.45) is 7.20. The Morgan fingerprint density at radius 1 is 1.25 bits per heavy atom. The number of carbonyl (C=O) groups is 1. The van der Waals surface area contributed by atoms with Gasteiger partial charge in [0.05, 0.1) is 0 Å². The van der Waals surface area contributed by atoms with Gasteiger partial charge in [0.1, 0.15) is 0 Å². The van der Waals surface area contributed by atoms with Gasteiger partial charge in [-0.2, -0.15) is 0 Å². The number of nitrogens with two attached hydrogens (primary N) is 1. The number of hydrogen-bond donors (Lipinski definition) is 1. The molecule has 2 N–H and O–H groups in total. The van der Waals surface area contributed by atoms with Crippen molar-refractivity contribution in [2.75, 3.05) is 0 Å². The van der Waals surface area contributed by atoms with E-state index >= 15 is 0 Å². The molecular weight excluding hydrogens is 198 g/mol. The van der Waals surface area contributed by atoms with Gasteiger partial charge in [0.25, 0.3) is 0 Å². The van der Waals surface area contributed by atoms with E-state index in [4.69, 9.17) is 5.73 Å². The first-order chi connectivity index (χ1) is 7.69.